The minimum Gasteiger partial charge on any atom is -0.478 e. The molecule has 0 aliphatic carbocycles. The van der Waals surface area contributed by atoms with Crippen LogP contribution in [0.15, 0.2) is 30.5 Å². The van der Waals surface area contributed by atoms with E-state index in [2.05, 4.69) is 5.10 Å². The van der Waals surface area contributed by atoms with Gasteiger partial charge in [-0.1, -0.05) is 19.1 Å². The van der Waals surface area contributed by atoms with E-state index in [1.807, 2.05) is 6.92 Å². The zero-order valence-corrected chi connectivity index (χ0v) is 9.93. The number of hydrogen-bond donors (Lipinski definition) is 1. The van der Waals surface area contributed by atoms with E-state index < -0.39 is 5.97 Å². The van der Waals surface area contributed by atoms with Gasteiger partial charge in [-0.05, 0) is 24.1 Å². The number of halogens is 1. The largest absolute Gasteiger partial charge is 0.478 e. The molecule has 0 fully saturated rings. The molecular formula is C13H13FN2O2. The Labute approximate surface area is 104 Å². The second-order valence-corrected chi connectivity index (χ2v) is 3.95. The SMILES string of the molecule is CCc1c(C(=O)O)cnn1Cc1ccc(F)cc1. The first kappa shape index (κ1) is 12.3. The lowest BCUT2D eigenvalue weighted by atomic mass is 10.2. The summed E-state index contributed by atoms with van der Waals surface area (Å²) in [4.78, 5) is 11.0. The molecule has 0 unspecified atom stereocenters. The Kier molecular flexibility index (Phi) is 3.41. The van der Waals surface area contributed by atoms with E-state index in [4.69, 9.17) is 5.11 Å². The van der Waals surface area contributed by atoms with Crippen LogP contribution >= 0.6 is 0 Å². The van der Waals surface area contributed by atoms with Crippen LogP contribution < -0.4 is 0 Å². The maximum Gasteiger partial charge on any atom is 0.339 e. The zero-order valence-electron chi connectivity index (χ0n) is 9.93. The molecular weight excluding hydrogens is 235 g/mol. The lowest BCUT2D eigenvalue weighted by Gasteiger charge is -2.06. The molecule has 18 heavy (non-hydrogen) atoms. The van der Waals surface area contributed by atoms with Gasteiger partial charge in [0, 0.05) is 0 Å². The van der Waals surface area contributed by atoms with Crippen LogP contribution in [0.3, 0.4) is 0 Å². The topological polar surface area (TPSA) is 55.1 Å². The first-order chi connectivity index (χ1) is 8.61. The van der Waals surface area contributed by atoms with Gasteiger partial charge in [-0.25, -0.2) is 9.18 Å². The van der Waals surface area contributed by atoms with Gasteiger partial charge in [-0.3, -0.25) is 4.68 Å². The van der Waals surface area contributed by atoms with Gasteiger partial charge < -0.3 is 5.11 Å². The fourth-order valence-corrected chi connectivity index (χ4v) is 1.86. The van der Waals surface area contributed by atoms with Gasteiger partial charge in [-0.15, -0.1) is 0 Å². The van der Waals surface area contributed by atoms with Crippen molar-refractivity contribution in [3.63, 3.8) is 0 Å². The smallest absolute Gasteiger partial charge is 0.339 e. The molecule has 0 spiro atoms. The van der Waals surface area contributed by atoms with Gasteiger partial charge in [-0.2, -0.15) is 5.10 Å². The molecule has 0 aliphatic heterocycles. The van der Waals surface area contributed by atoms with Crippen molar-refractivity contribution in [2.75, 3.05) is 0 Å². The van der Waals surface area contributed by atoms with Crippen LogP contribution in [-0.4, -0.2) is 20.9 Å². The number of hydrogen-bond acceptors (Lipinski definition) is 2. The minimum atomic E-state index is -0.975. The third-order valence-electron chi connectivity index (χ3n) is 2.76. The van der Waals surface area contributed by atoms with Gasteiger partial charge in [0.25, 0.3) is 0 Å². The van der Waals surface area contributed by atoms with Gasteiger partial charge in [0.1, 0.15) is 11.4 Å². The molecule has 0 aliphatic rings. The van der Waals surface area contributed by atoms with Crippen molar-refractivity contribution in [2.45, 2.75) is 19.9 Å². The Hall–Kier alpha value is -2.17. The Bertz CT molecular complexity index is 561. The quantitative estimate of drug-likeness (QED) is 0.903. The number of carbonyl (C=O) groups is 1. The number of carboxylic acids is 1. The second kappa shape index (κ2) is 5.00. The van der Waals surface area contributed by atoms with Crippen molar-refractivity contribution < 1.29 is 14.3 Å². The second-order valence-electron chi connectivity index (χ2n) is 3.95. The maximum absolute atomic E-state index is 12.8. The number of aromatic nitrogens is 2. The lowest BCUT2D eigenvalue weighted by Crippen LogP contribution is -2.08. The Balaban J connectivity index is 2.29. The van der Waals surface area contributed by atoms with E-state index in [0.29, 0.717) is 18.7 Å². The third kappa shape index (κ3) is 2.40. The van der Waals surface area contributed by atoms with Crippen molar-refractivity contribution in [2.24, 2.45) is 0 Å². The highest BCUT2D eigenvalue weighted by Gasteiger charge is 2.14. The lowest BCUT2D eigenvalue weighted by molar-refractivity contribution is 0.0695. The summed E-state index contributed by atoms with van der Waals surface area (Å²) >= 11 is 0. The molecule has 1 N–H and O–H groups in total. The van der Waals surface area contributed by atoms with E-state index in [-0.39, 0.29) is 11.4 Å². The van der Waals surface area contributed by atoms with Crippen LogP contribution in [0.2, 0.25) is 0 Å². The minimum absolute atomic E-state index is 0.222. The Morgan fingerprint density at radius 1 is 1.39 bits per heavy atom. The van der Waals surface area contributed by atoms with Crippen molar-refractivity contribution in [3.8, 4) is 0 Å². The van der Waals surface area contributed by atoms with Crippen LogP contribution in [0, 0.1) is 5.82 Å². The monoisotopic (exact) mass is 248 g/mol. The average molecular weight is 248 g/mol. The van der Waals surface area contributed by atoms with Crippen LogP contribution in [0.1, 0.15) is 28.5 Å². The molecule has 1 aromatic carbocycles. The summed E-state index contributed by atoms with van der Waals surface area (Å²) in [6.07, 6.45) is 1.94. The normalized spacial score (nSPS) is 10.6. The van der Waals surface area contributed by atoms with Crippen LogP contribution in [0.4, 0.5) is 4.39 Å². The van der Waals surface area contributed by atoms with Crippen LogP contribution in [0.5, 0.6) is 0 Å². The van der Waals surface area contributed by atoms with Crippen molar-refractivity contribution in [1.82, 2.24) is 9.78 Å². The van der Waals surface area contributed by atoms with Crippen molar-refractivity contribution >= 4 is 5.97 Å². The average Bonchev–Trinajstić information content (AvgIpc) is 2.75. The van der Waals surface area contributed by atoms with Gasteiger partial charge in [0.05, 0.1) is 18.4 Å². The third-order valence-corrected chi connectivity index (χ3v) is 2.76. The summed E-state index contributed by atoms with van der Waals surface area (Å²) in [6.45, 7) is 2.32. The first-order valence-electron chi connectivity index (χ1n) is 5.64. The molecule has 5 heteroatoms. The molecule has 2 rings (SSSR count). The standard InChI is InChI=1S/C13H13FN2O2/c1-2-12-11(13(17)18)7-15-16(12)8-9-3-5-10(14)6-4-9/h3-7H,2,8H2,1H3,(H,17,18). The predicted octanol–water partition coefficient (Wildman–Crippen LogP) is 2.33. The van der Waals surface area contributed by atoms with Gasteiger partial charge >= 0.3 is 5.97 Å². The van der Waals surface area contributed by atoms with Crippen LogP contribution in [-0.2, 0) is 13.0 Å². The number of carboxylic acid groups (broad SMARTS) is 1. The Morgan fingerprint density at radius 2 is 2.06 bits per heavy atom. The molecule has 0 saturated heterocycles. The molecule has 2 aromatic rings. The number of nitrogens with zero attached hydrogens (tertiary/aromatic N) is 2. The number of rotatable bonds is 4. The predicted molar refractivity (Wildman–Crippen MR) is 64.1 cm³/mol. The number of benzene rings is 1. The molecule has 1 aromatic heterocycles. The van der Waals surface area contributed by atoms with E-state index >= 15 is 0 Å². The molecule has 0 saturated carbocycles. The van der Waals surface area contributed by atoms with Crippen molar-refractivity contribution in [3.05, 3.63) is 53.1 Å². The molecule has 0 atom stereocenters. The fraction of sp³-hybridized carbons (Fsp3) is 0.231. The maximum atomic E-state index is 12.8. The highest BCUT2D eigenvalue weighted by molar-refractivity contribution is 5.88. The summed E-state index contributed by atoms with van der Waals surface area (Å²) in [5.41, 5.74) is 1.78. The van der Waals surface area contributed by atoms with E-state index in [0.717, 1.165) is 5.56 Å². The number of aromatic carboxylic acids is 1. The summed E-state index contributed by atoms with van der Waals surface area (Å²) in [5.74, 6) is -1.27. The summed E-state index contributed by atoms with van der Waals surface area (Å²) in [7, 11) is 0. The van der Waals surface area contributed by atoms with Crippen LogP contribution in [0.25, 0.3) is 0 Å². The highest BCUT2D eigenvalue weighted by atomic mass is 19.1. The zero-order chi connectivity index (χ0) is 13.1. The highest BCUT2D eigenvalue weighted by Crippen LogP contribution is 2.12. The summed E-state index contributed by atoms with van der Waals surface area (Å²) in [6, 6.07) is 6.08. The molecule has 4 nitrogen and oxygen atoms in total. The van der Waals surface area contributed by atoms with E-state index in [1.54, 1.807) is 16.8 Å². The summed E-state index contributed by atoms with van der Waals surface area (Å²) in [5, 5.41) is 13.1. The first-order valence-corrected chi connectivity index (χ1v) is 5.64. The Morgan fingerprint density at radius 3 is 2.61 bits per heavy atom. The summed E-state index contributed by atoms with van der Waals surface area (Å²) < 4.78 is 14.4. The molecule has 0 radical (unpaired) electrons. The van der Waals surface area contributed by atoms with Gasteiger partial charge in [0.15, 0.2) is 0 Å². The van der Waals surface area contributed by atoms with Gasteiger partial charge in [0.2, 0.25) is 0 Å². The van der Waals surface area contributed by atoms with E-state index in [9.17, 15) is 9.18 Å². The van der Waals surface area contributed by atoms with E-state index in [1.165, 1.54) is 18.3 Å². The molecule has 0 bridgehead atoms. The molecule has 94 valence electrons. The van der Waals surface area contributed by atoms with Crippen molar-refractivity contribution in [1.29, 1.82) is 0 Å². The fourth-order valence-electron chi connectivity index (χ4n) is 1.86. The molecule has 1 heterocycles. The molecule has 0 amide bonds.